The van der Waals surface area contributed by atoms with Crippen LogP contribution in [0.3, 0.4) is 0 Å². The summed E-state index contributed by atoms with van der Waals surface area (Å²) in [5, 5.41) is 2.54. The first-order valence-corrected chi connectivity index (χ1v) is 7.25. The average molecular weight is 310 g/mol. The lowest BCUT2D eigenvalue weighted by molar-refractivity contribution is -0.304. The van der Waals surface area contributed by atoms with E-state index in [0.717, 1.165) is 16.3 Å². The highest BCUT2D eigenvalue weighted by molar-refractivity contribution is 6.14. The maximum atomic E-state index is 12.0. The van der Waals surface area contributed by atoms with Crippen LogP contribution in [0.5, 0.6) is 0 Å². The maximum Gasteiger partial charge on any atom is 0.206 e. The van der Waals surface area contributed by atoms with Crippen LogP contribution < -0.4 is 0 Å². The molecule has 1 fully saturated rings. The number of hydrogen-bond acceptors (Lipinski definition) is 6. The minimum absolute atomic E-state index is 0.121. The molecule has 0 aliphatic carbocycles. The van der Waals surface area contributed by atoms with Crippen LogP contribution in [0.15, 0.2) is 36.5 Å². The van der Waals surface area contributed by atoms with E-state index in [1.807, 2.05) is 30.3 Å². The van der Waals surface area contributed by atoms with Crippen molar-refractivity contribution >= 4 is 27.5 Å². The highest BCUT2D eigenvalue weighted by Crippen LogP contribution is 2.33. The topological polar surface area (TPSA) is 70.5 Å². The van der Waals surface area contributed by atoms with E-state index in [0.29, 0.717) is 16.8 Å². The summed E-state index contributed by atoms with van der Waals surface area (Å²) < 4.78 is 16.1. The largest absolute Gasteiger partial charge is 0.329 e. The Bertz CT molecular complexity index is 904. The van der Waals surface area contributed by atoms with Crippen LogP contribution in [0, 0.1) is 0 Å². The Morgan fingerprint density at radius 2 is 1.91 bits per heavy atom. The fourth-order valence-corrected chi connectivity index (χ4v) is 2.83. The van der Waals surface area contributed by atoms with Crippen molar-refractivity contribution in [2.75, 3.05) is 13.6 Å². The monoisotopic (exact) mass is 310 g/mol. The summed E-state index contributed by atoms with van der Waals surface area (Å²) in [6.07, 6.45) is 0.958. The third kappa shape index (κ3) is 2.37. The van der Waals surface area contributed by atoms with Crippen LogP contribution >= 0.6 is 0 Å². The third-order valence-electron chi connectivity index (χ3n) is 3.80. The number of carbonyl (C=O) groups excluding carboxylic acids is 1. The lowest BCUT2D eigenvalue weighted by atomic mass is 10.0. The van der Waals surface area contributed by atoms with Crippen molar-refractivity contribution in [2.24, 2.45) is 0 Å². The summed E-state index contributed by atoms with van der Waals surface area (Å²) >= 11 is 0. The van der Waals surface area contributed by atoms with E-state index in [-0.39, 0.29) is 19.4 Å². The van der Waals surface area contributed by atoms with Gasteiger partial charge in [-0.2, -0.15) is 0 Å². The van der Waals surface area contributed by atoms with Crippen LogP contribution in [-0.2, 0) is 14.2 Å². The zero-order chi connectivity index (χ0) is 15.8. The molecule has 0 unspecified atom stereocenters. The molecule has 3 heterocycles. The second kappa shape index (κ2) is 5.66. The molecular formula is C17H14N2O4. The summed E-state index contributed by atoms with van der Waals surface area (Å²) in [6, 6.07) is 9.65. The molecule has 1 aliphatic heterocycles. The van der Waals surface area contributed by atoms with E-state index in [9.17, 15) is 4.79 Å². The summed E-state index contributed by atoms with van der Waals surface area (Å²) in [7, 11) is 0. The first kappa shape index (κ1) is 14.2. The van der Waals surface area contributed by atoms with Crippen LogP contribution in [0.1, 0.15) is 29.4 Å². The van der Waals surface area contributed by atoms with Gasteiger partial charge in [-0.05, 0) is 17.5 Å². The number of rotatable bonds is 2. The summed E-state index contributed by atoms with van der Waals surface area (Å²) in [5.41, 5.74) is 1.74. The quantitative estimate of drug-likeness (QED) is 0.535. The molecule has 0 bridgehead atoms. The van der Waals surface area contributed by atoms with Crippen LogP contribution in [0.25, 0.3) is 21.7 Å². The Labute approximate surface area is 132 Å². The van der Waals surface area contributed by atoms with Crippen molar-refractivity contribution in [3.63, 3.8) is 0 Å². The standard InChI is InChI=1S/C17H14N2O4/c1-10(20)15-14-12(6-7-18-15)11-4-2-3-5-13(11)19-16(14)17-22-8-21-9-23-17/h2-7,17H,8-9H2,1H3. The van der Waals surface area contributed by atoms with E-state index in [1.165, 1.54) is 6.92 Å². The zero-order valence-corrected chi connectivity index (χ0v) is 12.5. The van der Waals surface area contributed by atoms with Crippen molar-refractivity contribution in [1.29, 1.82) is 0 Å². The highest BCUT2D eigenvalue weighted by atomic mass is 16.8. The van der Waals surface area contributed by atoms with Crippen molar-refractivity contribution in [3.8, 4) is 0 Å². The van der Waals surface area contributed by atoms with Crippen molar-refractivity contribution in [1.82, 2.24) is 9.97 Å². The molecule has 0 N–H and O–H groups in total. The predicted molar refractivity (Wildman–Crippen MR) is 82.8 cm³/mol. The normalized spacial score (nSPS) is 16.0. The maximum absolute atomic E-state index is 12.0. The summed E-state index contributed by atoms with van der Waals surface area (Å²) in [4.78, 5) is 20.9. The molecule has 3 aromatic rings. The lowest BCUT2D eigenvalue weighted by Crippen LogP contribution is -2.21. The molecule has 2 aromatic heterocycles. The van der Waals surface area contributed by atoms with Gasteiger partial charge in [0.2, 0.25) is 6.29 Å². The molecule has 6 nitrogen and oxygen atoms in total. The fourth-order valence-electron chi connectivity index (χ4n) is 2.83. The van der Waals surface area contributed by atoms with Crippen molar-refractivity contribution < 1.29 is 19.0 Å². The van der Waals surface area contributed by atoms with Gasteiger partial charge in [0.05, 0.1) is 5.52 Å². The number of Topliss-reactive ketones (excluding diaryl/α,β-unsaturated/α-hetero) is 1. The van der Waals surface area contributed by atoms with Gasteiger partial charge in [0.25, 0.3) is 0 Å². The molecule has 1 aliphatic rings. The number of para-hydroxylation sites is 1. The number of pyridine rings is 2. The number of aromatic nitrogens is 2. The van der Waals surface area contributed by atoms with Gasteiger partial charge in [0.1, 0.15) is 11.4 Å². The Balaban J connectivity index is 2.10. The van der Waals surface area contributed by atoms with Crippen molar-refractivity contribution in [2.45, 2.75) is 13.2 Å². The number of ketones is 1. The smallest absolute Gasteiger partial charge is 0.206 e. The zero-order valence-electron chi connectivity index (χ0n) is 12.5. The van der Waals surface area contributed by atoms with Crippen molar-refractivity contribution in [3.05, 3.63) is 47.9 Å². The van der Waals surface area contributed by atoms with E-state index in [1.54, 1.807) is 6.20 Å². The summed E-state index contributed by atoms with van der Waals surface area (Å²) in [6.45, 7) is 1.74. The fraction of sp³-hybridized carbons (Fsp3) is 0.235. The molecule has 0 amide bonds. The first-order valence-electron chi connectivity index (χ1n) is 7.25. The molecule has 0 saturated carbocycles. The molecule has 0 atom stereocenters. The van der Waals surface area contributed by atoms with E-state index >= 15 is 0 Å². The molecule has 0 spiro atoms. The summed E-state index contributed by atoms with van der Waals surface area (Å²) in [5.74, 6) is -0.124. The number of ether oxygens (including phenoxy) is 3. The molecule has 116 valence electrons. The Morgan fingerprint density at radius 3 is 2.70 bits per heavy atom. The van der Waals surface area contributed by atoms with Gasteiger partial charge in [-0.3, -0.25) is 9.78 Å². The number of hydrogen-bond donors (Lipinski definition) is 0. The van der Waals surface area contributed by atoms with E-state index < -0.39 is 6.29 Å². The van der Waals surface area contributed by atoms with Crippen LogP contribution in [0.2, 0.25) is 0 Å². The van der Waals surface area contributed by atoms with Crippen LogP contribution in [0.4, 0.5) is 0 Å². The number of fused-ring (bicyclic) bond motifs is 3. The first-order chi connectivity index (χ1) is 11.3. The van der Waals surface area contributed by atoms with Gasteiger partial charge in [-0.25, -0.2) is 4.98 Å². The lowest BCUT2D eigenvalue weighted by Gasteiger charge is -2.24. The van der Waals surface area contributed by atoms with Gasteiger partial charge in [0, 0.05) is 23.9 Å². The number of benzene rings is 1. The van der Waals surface area contributed by atoms with Gasteiger partial charge < -0.3 is 14.2 Å². The Morgan fingerprint density at radius 1 is 1.13 bits per heavy atom. The molecule has 1 aromatic carbocycles. The second-order valence-electron chi connectivity index (χ2n) is 5.26. The number of carbonyl (C=O) groups is 1. The molecule has 6 heteroatoms. The van der Waals surface area contributed by atoms with Gasteiger partial charge >= 0.3 is 0 Å². The van der Waals surface area contributed by atoms with Gasteiger partial charge in [-0.15, -0.1) is 0 Å². The average Bonchev–Trinajstić information content (AvgIpc) is 2.61. The molecule has 23 heavy (non-hydrogen) atoms. The highest BCUT2D eigenvalue weighted by Gasteiger charge is 2.25. The molecule has 1 saturated heterocycles. The third-order valence-corrected chi connectivity index (χ3v) is 3.80. The Kier molecular flexibility index (Phi) is 3.49. The minimum atomic E-state index is -0.682. The predicted octanol–water partition coefficient (Wildman–Crippen LogP) is 2.96. The van der Waals surface area contributed by atoms with E-state index in [4.69, 9.17) is 14.2 Å². The molecular weight excluding hydrogens is 296 g/mol. The SMILES string of the molecule is CC(=O)c1nccc2c1c(C1OCOCO1)nc1ccccc12. The van der Waals surface area contributed by atoms with Crippen LogP contribution in [-0.4, -0.2) is 29.3 Å². The Hall–Kier alpha value is -2.41. The second-order valence-corrected chi connectivity index (χ2v) is 5.26. The minimum Gasteiger partial charge on any atom is -0.329 e. The van der Waals surface area contributed by atoms with Gasteiger partial charge in [0.15, 0.2) is 19.4 Å². The molecule has 4 rings (SSSR count). The van der Waals surface area contributed by atoms with Gasteiger partial charge in [-0.1, -0.05) is 18.2 Å². The number of nitrogens with zero attached hydrogens (tertiary/aromatic N) is 2. The molecule has 0 radical (unpaired) electrons. The van der Waals surface area contributed by atoms with E-state index in [2.05, 4.69) is 9.97 Å².